The van der Waals surface area contributed by atoms with Gasteiger partial charge in [-0.3, -0.25) is 14.9 Å². The number of nitrogens with one attached hydrogen (secondary N) is 1. The normalized spacial score (nSPS) is 11.6. The second-order valence-corrected chi connectivity index (χ2v) is 7.83. The minimum absolute atomic E-state index is 0.0513. The third-order valence-electron chi connectivity index (χ3n) is 4.41. The summed E-state index contributed by atoms with van der Waals surface area (Å²) < 4.78 is 7.18. The Balaban J connectivity index is 1.55. The standard InChI is InChI=1S/C21H19N5O4/c1-21(2,3)20-23-17-11-13(7-8-18(17)30-20)22-19(27)16-9-10-25(24-16)14-5-4-6-15(12-14)26(28)29/h4-12H,1-3H3,(H,22,27). The predicted octanol–water partition coefficient (Wildman–Crippen LogP) is 4.47. The van der Waals surface area contributed by atoms with Crippen LogP contribution in [0.15, 0.2) is 59.1 Å². The maximum absolute atomic E-state index is 12.6. The number of fused-ring (bicyclic) bond motifs is 1. The van der Waals surface area contributed by atoms with Crippen molar-refractivity contribution < 1.29 is 14.1 Å². The quantitative estimate of drug-likeness (QED) is 0.395. The molecule has 0 atom stereocenters. The van der Waals surface area contributed by atoms with E-state index >= 15 is 0 Å². The summed E-state index contributed by atoms with van der Waals surface area (Å²) in [4.78, 5) is 27.6. The highest BCUT2D eigenvalue weighted by Crippen LogP contribution is 2.27. The van der Waals surface area contributed by atoms with Gasteiger partial charge >= 0.3 is 0 Å². The topological polar surface area (TPSA) is 116 Å². The van der Waals surface area contributed by atoms with E-state index < -0.39 is 10.8 Å². The summed E-state index contributed by atoms with van der Waals surface area (Å²) >= 11 is 0. The van der Waals surface area contributed by atoms with Crippen molar-refractivity contribution in [3.05, 3.63) is 76.4 Å². The van der Waals surface area contributed by atoms with Crippen molar-refractivity contribution in [2.75, 3.05) is 5.32 Å². The molecule has 0 unspecified atom stereocenters. The molecular weight excluding hydrogens is 386 g/mol. The van der Waals surface area contributed by atoms with Gasteiger partial charge in [0.1, 0.15) is 5.52 Å². The number of rotatable bonds is 4. The fourth-order valence-electron chi connectivity index (χ4n) is 2.86. The zero-order valence-electron chi connectivity index (χ0n) is 16.6. The van der Waals surface area contributed by atoms with E-state index in [9.17, 15) is 14.9 Å². The summed E-state index contributed by atoms with van der Waals surface area (Å²) in [5, 5.41) is 18.0. The summed E-state index contributed by atoms with van der Waals surface area (Å²) in [7, 11) is 0. The zero-order chi connectivity index (χ0) is 21.5. The monoisotopic (exact) mass is 405 g/mol. The molecule has 9 nitrogen and oxygen atoms in total. The fourth-order valence-corrected chi connectivity index (χ4v) is 2.86. The van der Waals surface area contributed by atoms with Crippen LogP contribution in [0.1, 0.15) is 37.2 Å². The number of hydrogen-bond acceptors (Lipinski definition) is 6. The van der Waals surface area contributed by atoms with Gasteiger partial charge in [-0.2, -0.15) is 5.10 Å². The Labute approximate surface area is 171 Å². The van der Waals surface area contributed by atoms with Crippen molar-refractivity contribution in [2.45, 2.75) is 26.2 Å². The van der Waals surface area contributed by atoms with Crippen LogP contribution >= 0.6 is 0 Å². The number of carbonyl (C=O) groups excluding carboxylic acids is 1. The molecule has 4 rings (SSSR count). The van der Waals surface area contributed by atoms with Crippen LogP contribution in [0.2, 0.25) is 0 Å². The molecule has 2 aromatic carbocycles. The van der Waals surface area contributed by atoms with Gasteiger partial charge in [-0.15, -0.1) is 0 Å². The van der Waals surface area contributed by atoms with E-state index in [0.29, 0.717) is 28.4 Å². The highest BCUT2D eigenvalue weighted by molar-refractivity contribution is 6.03. The van der Waals surface area contributed by atoms with Crippen LogP contribution in [0.25, 0.3) is 16.8 Å². The fraction of sp³-hybridized carbons (Fsp3) is 0.190. The molecule has 1 amide bonds. The molecular formula is C21H19N5O4. The Hall–Kier alpha value is -4.01. The number of nitro groups is 1. The van der Waals surface area contributed by atoms with Gasteiger partial charge in [0.25, 0.3) is 11.6 Å². The van der Waals surface area contributed by atoms with Crippen LogP contribution in [0.3, 0.4) is 0 Å². The molecule has 0 aliphatic rings. The number of nitro benzene ring substituents is 1. The minimum Gasteiger partial charge on any atom is -0.440 e. The van der Waals surface area contributed by atoms with Gasteiger partial charge in [-0.25, -0.2) is 9.67 Å². The number of nitrogens with zero attached hydrogens (tertiary/aromatic N) is 4. The molecule has 2 heterocycles. The predicted molar refractivity (Wildman–Crippen MR) is 111 cm³/mol. The Morgan fingerprint density at radius 3 is 2.70 bits per heavy atom. The van der Waals surface area contributed by atoms with Crippen LogP contribution in [0.4, 0.5) is 11.4 Å². The Kier molecular flexibility index (Phi) is 4.57. The average Bonchev–Trinajstić information content (AvgIpc) is 3.35. The number of oxazole rings is 1. The van der Waals surface area contributed by atoms with Crippen LogP contribution in [0, 0.1) is 10.1 Å². The SMILES string of the molecule is CC(C)(C)c1nc2cc(NC(=O)c3ccn(-c4cccc([N+](=O)[O-])c4)n3)ccc2o1. The number of aromatic nitrogens is 3. The molecule has 0 aliphatic heterocycles. The Morgan fingerprint density at radius 1 is 1.17 bits per heavy atom. The van der Waals surface area contributed by atoms with E-state index in [1.54, 1.807) is 42.6 Å². The number of anilines is 1. The molecule has 0 radical (unpaired) electrons. The van der Waals surface area contributed by atoms with Crippen molar-refractivity contribution in [3.8, 4) is 5.69 Å². The van der Waals surface area contributed by atoms with E-state index in [1.807, 2.05) is 20.8 Å². The first kappa shape index (κ1) is 19.3. The second kappa shape index (κ2) is 7.11. The van der Waals surface area contributed by atoms with Gasteiger partial charge in [0.2, 0.25) is 5.89 Å². The lowest BCUT2D eigenvalue weighted by molar-refractivity contribution is -0.384. The van der Waals surface area contributed by atoms with E-state index in [1.165, 1.54) is 16.8 Å². The van der Waals surface area contributed by atoms with Gasteiger partial charge < -0.3 is 9.73 Å². The van der Waals surface area contributed by atoms with E-state index in [0.717, 1.165) is 0 Å². The molecule has 0 saturated carbocycles. The molecule has 2 aromatic heterocycles. The molecule has 0 fully saturated rings. The first-order chi connectivity index (χ1) is 14.2. The summed E-state index contributed by atoms with van der Waals surface area (Å²) in [6, 6.07) is 12.8. The number of non-ortho nitro benzene ring substituents is 1. The molecule has 0 aliphatic carbocycles. The smallest absolute Gasteiger partial charge is 0.276 e. The number of amides is 1. The zero-order valence-corrected chi connectivity index (χ0v) is 16.6. The molecule has 1 N–H and O–H groups in total. The lowest BCUT2D eigenvalue weighted by Crippen LogP contribution is -2.13. The second-order valence-electron chi connectivity index (χ2n) is 7.83. The van der Waals surface area contributed by atoms with Crippen molar-refractivity contribution >= 4 is 28.4 Å². The lowest BCUT2D eigenvalue weighted by Gasteiger charge is -2.11. The highest BCUT2D eigenvalue weighted by atomic mass is 16.6. The molecule has 0 saturated heterocycles. The first-order valence-electron chi connectivity index (χ1n) is 9.24. The summed E-state index contributed by atoms with van der Waals surface area (Å²) in [6.45, 7) is 6.04. The number of carbonyl (C=O) groups is 1. The van der Waals surface area contributed by atoms with Gasteiger partial charge in [-0.1, -0.05) is 26.8 Å². The third-order valence-corrected chi connectivity index (χ3v) is 4.41. The number of hydrogen-bond donors (Lipinski definition) is 1. The molecule has 9 heteroatoms. The van der Waals surface area contributed by atoms with Gasteiger partial charge in [0.05, 0.1) is 10.6 Å². The summed E-state index contributed by atoms with van der Waals surface area (Å²) in [6.07, 6.45) is 1.57. The maximum atomic E-state index is 12.6. The minimum atomic E-state index is -0.480. The molecule has 30 heavy (non-hydrogen) atoms. The Bertz CT molecular complexity index is 1270. The van der Waals surface area contributed by atoms with Crippen molar-refractivity contribution in [3.63, 3.8) is 0 Å². The van der Waals surface area contributed by atoms with Crippen LogP contribution in [-0.2, 0) is 5.41 Å². The lowest BCUT2D eigenvalue weighted by atomic mass is 9.97. The van der Waals surface area contributed by atoms with Crippen LogP contribution in [0.5, 0.6) is 0 Å². The van der Waals surface area contributed by atoms with E-state index in [4.69, 9.17) is 4.42 Å². The van der Waals surface area contributed by atoms with Crippen LogP contribution in [-0.4, -0.2) is 25.6 Å². The van der Waals surface area contributed by atoms with E-state index in [2.05, 4.69) is 15.4 Å². The molecule has 0 bridgehead atoms. The van der Waals surface area contributed by atoms with Crippen molar-refractivity contribution in [2.24, 2.45) is 0 Å². The van der Waals surface area contributed by atoms with E-state index in [-0.39, 0.29) is 16.8 Å². The van der Waals surface area contributed by atoms with Crippen molar-refractivity contribution in [1.82, 2.24) is 14.8 Å². The van der Waals surface area contributed by atoms with Gasteiger partial charge in [0.15, 0.2) is 11.3 Å². The first-order valence-corrected chi connectivity index (χ1v) is 9.24. The van der Waals surface area contributed by atoms with Gasteiger partial charge in [-0.05, 0) is 30.3 Å². The van der Waals surface area contributed by atoms with Crippen molar-refractivity contribution in [1.29, 1.82) is 0 Å². The highest BCUT2D eigenvalue weighted by Gasteiger charge is 2.21. The largest absolute Gasteiger partial charge is 0.440 e. The molecule has 0 spiro atoms. The molecule has 152 valence electrons. The van der Waals surface area contributed by atoms with Crippen LogP contribution < -0.4 is 5.32 Å². The maximum Gasteiger partial charge on any atom is 0.276 e. The summed E-state index contributed by atoms with van der Waals surface area (Å²) in [5.74, 6) is 0.217. The summed E-state index contributed by atoms with van der Waals surface area (Å²) in [5.41, 5.74) is 2.25. The Morgan fingerprint density at radius 2 is 1.97 bits per heavy atom. The molecule has 4 aromatic rings. The average molecular weight is 405 g/mol. The number of benzene rings is 2. The third kappa shape index (κ3) is 3.77. The van der Waals surface area contributed by atoms with Gasteiger partial charge in [0, 0.05) is 29.4 Å².